The second-order valence-electron chi connectivity index (χ2n) is 6.81. The molecule has 2 heteroatoms. The first-order valence-electron chi connectivity index (χ1n) is 9.79. The van der Waals surface area contributed by atoms with Gasteiger partial charge in [-0.15, -0.1) is 0 Å². The molecular weight excluding hydrogens is 296 g/mol. The number of benzene rings is 1. The third kappa shape index (κ3) is 8.65. The number of rotatable bonds is 14. The fraction of sp³-hybridized carbons (Fsp3) is 0.636. The van der Waals surface area contributed by atoms with Crippen molar-refractivity contribution in [3.05, 3.63) is 48.0 Å². The summed E-state index contributed by atoms with van der Waals surface area (Å²) in [6, 6.07) is 9.77. The molecule has 0 heterocycles. The van der Waals surface area contributed by atoms with Crippen molar-refractivity contribution in [1.82, 2.24) is 0 Å². The summed E-state index contributed by atoms with van der Waals surface area (Å²) in [7, 11) is 0. The van der Waals surface area contributed by atoms with Gasteiger partial charge in [0.1, 0.15) is 5.60 Å². The van der Waals surface area contributed by atoms with Gasteiger partial charge in [-0.1, -0.05) is 107 Å². The highest BCUT2D eigenvalue weighted by Crippen LogP contribution is 2.29. The van der Waals surface area contributed by atoms with Crippen LogP contribution in [0.15, 0.2) is 42.5 Å². The highest BCUT2D eigenvalue weighted by molar-refractivity contribution is 5.27. The van der Waals surface area contributed by atoms with Crippen LogP contribution in [0.5, 0.6) is 0 Å². The Hall–Kier alpha value is -1.12. The van der Waals surface area contributed by atoms with E-state index in [1.165, 1.54) is 51.4 Å². The summed E-state index contributed by atoms with van der Waals surface area (Å²) in [6.45, 7) is 2.22. The second-order valence-corrected chi connectivity index (χ2v) is 6.81. The average Bonchev–Trinajstić information content (AvgIpc) is 2.62. The van der Waals surface area contributed by atoms with Crippen LogP contribution < -0.4 is 0 Å². The molecular formula is C22H36O2. The van der Waals surface area contributed by atoms with Crippen molar-refractivity contribution in [3.63, 3.8) is 0 Å². The maximum atomic E-state index is 10.9. The maximum Gasteiger partial charge on any atom is 0.108 e. The summed E-state index contributed by atoms with van der Waals surface area (Å²) in [6.07, 6.45) is 17.0. The van der Waals surface area contributed by atoms with E-state index < -0.39 is 5.60 Å². The predicted molar refractivity (Wildman–Crippen MR) is 103 cm³/mol. The number of hydrogen-bond donors (Lipinski definition) is 2. The van der Waals surface area contributed by atoms with Crippen LogP contribution in [0.2, 0.25) is 0 Å². The first-order valence-corrected chi connectivity index (χ1v) is 9.79. The van der Waals surface area contributed by atoms with Crippen molar-refractivity contribution < 1.29 is 10.2 Å². The topological polar surface area (TPSA) is 40.5 Å². The van der Waals surface area contributed by atoms with Gasteiger partial charge in [-0.2, -0.15) is 0 Å². The quantitative estimate of drug-likeness (QED) is 0.337. The standard InChI is InChI=1S/C22H36O2/c1-2-3-4-5-6-7-8-9-10-14-18-22(24,19-15-20-23)21-16-12-11-13-17-21/h11-13,15-17,19,23-24H,2-10,14,18,20H2,1H3. The molecule has 0 bridgehead atoms. The number of aliphatic hydroxyl groups is 2. The van der Waals surface area contributed by atoms with Crippen LogP contribution in [0.1, 0.15) is 83.1 Å². The van der Waals surface area contributed by atoms with Gasteiger partial charge in [0.15, 0.2) is 0 Å². The van der Waals surface area contributed by atoms with E-state index in [9.17, 15) is 5.11 Å². The average molecular weight is 333 g/mol. The molecule has 0 aliphatic carbocycles. The van der Waals surface area contributed by atoms with Crippen LogP contribution in [0.3, 0.4) is 0 Å². The Labute approximate surface area is 148 Å². The van der Waals surface area contributed by atoms with Crippen molar-refractivity contribution in [3.8, 4) is 0 Å². The molecule has 0 amide bonds. The Bertz CT molecular complexity index is 427. The van der Waals surface area contributed by atoms with E-state index in [-0.39, 0.29) is 6.61 Å². The third-order valence-corrected chi connectivity index (χ3v) is 4.68. The Morgan fingerprint density at radius 2 is 1.38 bits per heavy atom. The van der Waals surface area contributed by atoms with Crippen LogP contribution in [-0.4, -0.2) is 16.8 Å². The first-order chi connectivity index (χ1) is 11.7. The molecule has 2 nitrogen and oxygen atoms in total. The maximum absolute atomic E-state index is 10.9. The molecule has 136 valence electrons. The Balaban J connectivity index is 2.25. The van der Waals surface area contributed by atoms with Gasteiger partial charge in [-0.3, -0.25) is 0 Å². The van der Waals surface area contributed by atoms with Crippen LogP contribution in [0.4, 0.5) is 0 Å². The fourth-order valence-corrected chi connectivity index (χ4v) is 3.18. The molecule has 0 aliphatic rings. The molecule has 0 aliphatic heterocycles. The molecule has 0 fully saturated rings. The van der Waals surface area contributed by atoms with Crippen LogP contribution in [-0.2, 0) is 5.60 Å². The van der Waals surface area contributed by atoms with E-state index in [1.807, 2.05) is 30.3 Å². The molecule has 0 saturated heterocycles. The molecule has 1 atom stereocenters. The normalized spacial score (nSPS) is 14.1. The molecule has 1 unspecified atom stereocenters. The summed E-state index contributed by atoms with van der Waals surface area (Å²) in [5, 5.41) is 20.0. The molecule has 24 heavy (non-hydrogen) atoms. The lowest BCUT2D eigenvalue weighted by atomic mass is 9.87. The number of unbranched alkanes of at least 4 members (excludes halogenated alkanes) is 9. The number of hydrogen-bond acceptors (Lipinski definition) is 2. The zero-order valence-electron chi connectivity index (χ0n) is 15.4. The molecule has 0 saturated carbocycles. The van der Waals surface area contributed by atoms with Gasteiger partial charge >= 0.3 is 0 Å². The molecule has 0 aromatic heterocycles. The van der Waals surface area contributed by atoms with Crippen molar-refractivity contribution in [2.75, 3.05) is 6.61 Å². The van der Waals surface area contributed by atoms with Gasteiger partial charge in [-0.25, -0.2) is 0 Å². The largest absolute Gasteiger partial charge is 0.392 e. The van der Waals surface area contributed by atoms with Crippen LogP contribution >= 0.6 is 0 Å². The lowest BCUT2D eigenvalue weighted by Crippen LogP contribution is -2.23. The highest BCUT2D eigenvalue weighted by atomic mass is 16.3. The van der Waals surface area contributed by atoms with Crippen molar-refractivity contribution >= 4 is 0 Å². The second kappa shape index (κ2) is 13.2. The van der Waals surface area contributed by atoms with Crippen molar-refractivity contribution in [2.45, 2.75) is 83.2 Å². The van der Waals surface area contributed by atoms with E-state index in [4.69, 9.17) is 5.11 Å². The summed E-state index contributed by atoms with van der Waals surface area (Å²) >= 11 is 0. The van der Waals surface area contributed by atoms with Crippen molar-refractivity contribution in [1.29, 1.82) is 0 Å². The van der Waals surface area contributed by atoms with Gasteiger partial charge in [0.25, 0.3) is 0 Å². The van der Waals surface area contributed by atoms with Gasteiger partial charge in [-0.05, 0) is 18.4 Å². The van der Waals surface area contributed by atoms with Crippen LogP contribution in [0, 0.1) is 0 Å². The van der Waals surface area contributed by atoms with E-state index in [2.05, 4.69) is 6.92 Å². The minimum absolute atomic E-state index is 0.0345. The minimum atomic E-state index is -0.954. The lowest BCUT2D eigenvalue weighted by molar-refractivity contribution is 0.0756. The Morgan fingerprint density at radius 1 is 0.833 bits per heavy atom. The van der Waals surface area contributed by atoms with Gasteiger partial charge in [0, 0.05) is 0 Å². The Morgan fingerprint density at radius 3 is 1.92 bits per heavy atom. The van der Waals surface area contributed by atoms with Crippen molar-refractivity contribution in [2.24, 2.45) is 0 Å². The van der Waals surface area contributed by atoms with Gasteiger partial charge in [0.05, 0.1) is 6.61 Å². The SMILES string of the molecule is CCCCCCCCCCCCC(O)(C=CCO)c1ccccc1. The van der Waals surface area contributed by atoms with Gasteiger partial charge in [0.2, 0.25) is 0 Å². The molecule has 1 aromatic carbocycles. The Kier molecular flexibility index (Phi) is 11.5. The fourth-order valence-electron chi connectivity index (χ4n) is 3.18. The van der Waals surface area contributed by atoms with Gasteiger partial charge < -0.3 is 10.2 Å². The predicted octanol–water partition coefficient (Wildman–Crippen LogP) is 5.73. The summed E-state index contributed by atoms with van der Waals surface area (Å²) in [5.41, 5.74) is -0.0462. The molecule has 1 aromatic rings. The van der Waals surface area contributed by atoms with E-state index in [1.54, 1.807) is 12.2 Å². The first kappa shape index (κ1) is 20.9. The molecule has 0 spiro atoms. The lowest BCUT2D eigenvalue weighted by Gasteiger charge is -2.25. The molecule has 0 radical (unpaired) electrons. The van der Waals surface area contributed by atoms with E-state index >= 15 is 0 Å². The zero-order chi connectivity index (χ0) is 17.5. The van der Waals surface area contributed by atoms with Crippen LogP contribution in [0.25, 0.3) is 0 Å². The third-order valence-electron chi connectivity index (χ3n) is 4.68. The minimum Gasteiger partial charge on any atom is -0.392 e. The monoisotopic (exact) mass is 332 g/mol. The molecule has 1 rings (SSSR count). The van der Waals surface area contributed by atoms with E-state index in [0.717, 1.165) is 18.4 Å². The highest BCUT2D eigenvalue weighted by Gasteiger charge is 2.24. The number of aliphatic hydroxyl groups excluding tert-OH is 1. The zero-order valence-corrected chi connectivity index (χ0v) is 15.4. The summed E-state index contributed by atoms with van der Waals surface area (Å²) in [4.78, 5) is 0. The molecule has 2 N–H and O–H groups in total. The summed E-state index contributed by atoms with van der Waals surface area (Å²) < 4.78 is 0. The smallest absolute Gasteiger partial charge is 0.108 e. The van der Waals surface area contributed by atoms with E-state index in [0.29, 0.717) is 6.42 Å². The summed E-state index contributed by atoms with van der Waals surface area (Å²) in [5.74, 6) is 0.